The van der Waals surface area contributed by atoms with E-state index in [0.717, 1.165) is 12.0 Å². The Hall–Kier alpha value is -0.120. The van der Waals surface area contributed by atoms with E-state index in [0.29, 0.717) is 0 Å². The lowest BCUT2D eigenvalue weighted by Crippen LogP contribution is -2.51. The van der Waals surface area contributed by atoms with Crippen molar-refractivity contribution in [1.82, 2.24) is 14.7 Å². The molecule has 3 heteroatoms. The van der Waals surface area contributed by atoms with Crippen LogP contribution in [-0.2, 0) is 0 Å². The van der Waals surface area contributed by atoms with Gasteiger partial charge in [-0.1, -0.05) is 6.92 Å². The van der Waals surface area contributed by atoms with Crippen LogP contribution >= 0.6 is 0 Å². The van der Waals surface area contributed by atoms with Crippen molar-refractivity contribution in [1.29, 1.82) is 0 Å². The Bertz CT molecular complexity index is 216. The first-order valence-corrected chi connectivity index (χ1v) is 7.35. The second-order valence-corrected chi connectivity index (χ2v) is 5.85. The number of likely N-dealkylation sites (N-methyl/N-ethyl adjacent to an activating group) is 1. The maximum absolute atomic E-state index is 2.71. The van der Waals surface area contributed by atoms with Gasteiger partial charge >= 0.3 is 0 Å². The van der Waals surface area contributed by atoms with Crippen LogP contribution in [0.25, 0.3) is 0 Å². The fourth-order valence-electron chi connectivity index (χ4n) is 3.28. The molecule has 2 rings (SSSR count). The highest BCUT2D eigenvalue weighted by atomic mass is 15.3. The van der Waals surface area contributed by atoms with E-state index in [4.69, 9.17) is 0 Å². The quantitative estimate of drug-likeness (QED) is 0.736. The van der Waals surface area contributed by atoms with Gasteiger partial charge in [-0.2, -0.15) is 0 Å². The topological polar surface area (TPSA) is 9.72 Å². The lowest BCUT2D eigenvalue weighted by molar-refractivity contribution is 0.0624. The molecule has 0 spiro atoms. The lowest BCUT2D eigenvalue weighted by atomic mass is 9.89. The van der Waals surface area contributed by atoms with E-state index < -0.39 is 0 Å². The van der Waals surface area contributed by atoms with Crippen molar-refractivity contribution in [3.8, 4) is 0 Å². The Labute approximate surface area is 107 Å². The van der Waals surface area contributed by atoms with Crippen molar-refractivity contribution < 1.29 is 0 Å². The predicted octanol–water partition coefficient (Wildman–Crippen LogP) is 1.35. The molecule has 3 nitrogen and oxygen atoms in total. The van der Waals surface area contributed by atoms with Crippen LogP contribution in [0.4, 0.5) is 0 Å². The third-order valence-corrected chi connectivity index (χ3v) is 4.88. The molecule has 2 aliphatic heterocycles. The molecule has 0 aromatic carbocycles. The van der Waals surface area contributed by atoms with Crippen LogP contribution in [0.15, 0.2) is 0 Å². The molecule has 0 saturated carbocycles. The van der Waals surface area contributed by atoms with Gasteiger partial charge in [-0.05, 0) is 52.4 Å². The van der Waals surface area contributed by atoms with Gasteiger partial charge in [0.15, 0.2) is 0 Å². The monoisotopic (exact) mass is 239 g/mol. The minimum absolute atomic E-state index is 0.794. The Morgan fingerprint density at radius 3 is 2.12 bits per heavy atom. The van der Waals surface area contributed by atoms with Crippen molar-refractivity contribution in [3.63, 3.8) is 0 Å². The number of piperazine rings is 1. The molecule has 17 heavy (non-hydrogen) atoms. The summed E-state index contributed by atoms with van der Waals surface area (Å²) in [5.74, 6) is 0.932. The summed E-state index contributed by atoms with van der Waals surface area (Å²) < 4.78 is 0. The Morgan fingerprint density at radius 1 is 1.00 bits per heavy atom. The standard InChI is InChI=1S/C14H29N3/c1-4-16-7-5-14(6-8-16)13(2)17-11-9-15(3)10-12-17/h13-14H,4-12H2,1-3H3. The molecule has 2 saturated heterocycles. The molecule has 0 aromatic rings. The van der Waals surface area contributed by atoms with E-state index in [1.165, 1.54) is 58.7 Å². The molecule has 0 bridgehead atoms. The van der Waals surface area contributed by atoms with Crippen LogP contribution < -0.4 is 0 Å². The van der Waals surface area contributed by atoms with Gasteiger partial charge in [0, 0.05) is 32.2 Å². The van der Waals surface area contributed by atoms with Crippen molar-refractivity contribution >= 4 is 0 Å². The summed E-state index contributed by atoms with van der Waals surface area (Å²) >= 11 is 0. The first-order valence-electron chi connectivity index (χ1n) is 7.35. The van der Waals surface area contributed by atoms with Gasteiger partial charge in [0.05, 0.1) is 0 Å². The molecule has 1 atom stereocenters. The molecule has 100 valence electrons. The minimum atomic E-state index is 0.794. The SMILES string of the molecule is CCN1CCC(C(C)N2CCN(C)CC2)CC1. The zero-order chi connectivity index (χ0) is 12.3. The van der Waals surface area contributed by atoms with Crippen LogP contribution in [0.1, 0.15) is 26.7 Å². The van der Waals surface area contributed by atoms with Gasteiger partial charge in [-0.15, -0.1) is 0 Å². The second-order valence-electron chi connectivity index (χ2n) is 5.85. The number of hydrogen-bond acceptors (Lipinski definition) is 3. The number of hydrogen-bond donors (Lipinski definition) is 0. The molecular weight excluding hydrogens is 210 g/mol. The van der Waals surface area contributed by atoms with E-state index in [2.05, 4.69) is 35.6 Å². The number of rotatable bonds is 3. The van der Waals surface area contributed by atoms with Crippen molar-refractivity contribution in [2.45, 2.75) is 32.7 Å². The summed E-state index contributed by atoms with van der Waals surface area (Å²) in [6.07, 6.45) is 2.81. The molecule has 2 aliphatic rings. The summed E-state index contributed by atoms with van der Waals surface area (Å²) in [5, 5.41) is 0. The maximum Gasteiger partial charge on any atom is 0.0113 e. The number of piperidine rings is 1. The van der Waals surface area contributed by atoms with E-state index in [1.54, 1.807) is 0 Å². The largest absolute Gasteiger partial charge is 0.304 e. The molecule has 0 radical (unpaired) electrons. The highest BCUT2D eigenvalue weighted by molar-refractivity contribution is 4.83. The van der Waals surface area contributed by atoms with Gasteiger partial charge in [-0.3, -0.25) is 4.90 Å². The zero-order valence-electron chi connectivity index (χ0n) is 11.9. The Balaban J connectivity index is 1.78. The van der Waals surface area contributed by atoms with Gasteiger partial charge in [0.25, 0.3) is 0 Å². The van der Waals surface area contributed by atoms with Crippen molar-refractivity contribution in [2.75, 3.05) is 52.9 Å². The molecule has 0 aromatic heterocycles. The lowest BCUT2D eigenvalue weighted by Gasteiger charge is -2.42. The number of nitrogens with zero attached hydrogens (tertiary/aromatic N) is 3. The van der Waals surface area contributed by atoms with Gasteiger partial charge in [0.2, 0.25) is 0 Å². The van der Waals surface area contributed by atoms with Crippen LogP contribution in [-0.4, -0.2) is 73.6 Å². The molecule has 0 amide bonds. The van der Waals surface area contributed by atoms with E-state index in [-0.39, 0.29) is 0 Å². The third-order valence-electron chi connectivity index (χ3n) is 4.88. The van der Waals surface area contributed by atoms with Gasteiger partial charge in [-0.25, -0.2) is 0 Å². The third kappa shape index (κ3) is 3.43. The summed E-state index contributed by atoms with van der Waals surface area (Å²) in [5.41, 5.74) is 0. The van der Waals surface area contributed by atoms with E-state index >= 15 is 0 Å². The summed E-state index contributed by atoms with van der Waals surface area (Å²) in [7, 11) is 2.24. The molecule has 2 fully saturated rings. The Morgan fingerprint density at radius 2 is 1.59 bits per heavy atom. The predicted molar refractivity (Wildman–Crippen MR) is 73.4 cm³/mol. The van der Waals surface area contributed by atoms with Gasteiger partial charge < -0.3 is 9.80 Å². The highest BCUT2D eigenvalue weighted by Gasteiger charge is 2.28. The summed E-state index contributed by atoms with van der Waals surface area (Å²) in [6.45, 7) is 13.6. The van der Waals surface area contributed by atoms with Crippen molar-refractivity contribution in [3.05, 3.63) is 0 Å². The molecule has 2 heterocycles. The summed E-state index contributed by atoms with van der Waals surface area (Å²) in [4.78, 5) is 7.75. The van der Waals surface area contributed by atoms with Crippen LogP contribution in [0.5, 0.6) is 0 Å². The molecule has 0 aliphatic carbocycles. The molecular formula is C14H29N3. The zero-order valence-corrected chi connectivity index (χ0v) is 11.9. The Kier molecular flexibility index (Phi) is 4.83. The van der Waals surface area contributed by atoms with E-state index in [1.807, 2.05) is 0 Å². The van der Waals surface area contributed by atoms with Crippen LogP contribution in [0.3, 0.4) is 0 Å². The summed E-state index contributed by atoms with van der Waals surface area (Å²) in [6, 6.07) is 0.794. The normalized spacial score (nSPS) is 28.4. The van der Waals surface area contributed by atoms with Crippen molar-refractivity contribution in [2.24, 2.45) is 5.92 Å². The maximum atomic E-state index is 2.71. The smallest absolute Gasteiger partial charge is 0.0113 e. The highest BCUT2D eigenvalue weighted by Crippen LogP contribution is 2.24. The number of likely N-dealkylation sites (tertiary alicyclic amines) is 1. The van der Waals surface area contributed by atoms with E-state index in [9.17, 15) is 0 Å². The average molecular weight is 239 g/mol. The second kappa shape index (κ2) is 6.17. The van der Waals surface area contributed by atoms with Crippen LogP contribution in [0, 0.1) is 5.92 Å². The molecule has 1 unspecified atom stereocenters. The first kappa shape index (κ1) is 13.3. The van der Waals surface area contributed by atoms with Crippen LogP contribution in [0.2, 0.25) is 0 Å². The van der Waals surface area contributed by atoms with Gasteiger partial charge in [0.1, 0.15) is 0 Å². The molecule has 0 N–H and O–H groups in total. The first-order chi connectivity index (χ1) is 8.20. The average Bonchev–Trinajstić information content (AvgIpc) is 2.39. The minimum Gasteiger partial charge on any atom is -0.304 e. The fraction of sp³-hybridized carbons (Fsp3) is 1.00. The fourth-order valence-corrected chi connectivity index (χ4v) is 3.28.